The Morgan fingerprint density at radius 2 is 1.79 bits per heavy atom. The van der Waals surface area contributed by atoms with Gasteiger partial charge in [0.25, 0.3) is 11.8 Å². The number of rotatable bonds is 7. The van der Waals surface area contributed by atoms with Crippen LogP contribution in [-0.2, 0) is 20.7 Å². The summed E-state index contributed by atoms with van der Waals surface area (Å²) in [6.45, 7) is 1.92. The van der Waals surface area contributed by atoms with Crippen LogP contribution in [0.25, 0.3) is 6.08 Å². The number of anilines is 1. The number of hydrogen-bond donors (Lipinski definition) is 1. The summed E-state index contributed by atoms with van der Waals surface area (Å²) in [4.78, 5) is 51.3. The number of nitrogens with one attached hydrogen (secondary N) is 1. The lowest BCUT2D eigenvalue weighted by Gasteiger charge is -2.26. The molecular formula is C28H22BrIN2O6. The van der Waals surface area contributed by atoms with Crippen LogP contribution in [0.3, 0.4) is 0 Å². The van der Waals surface area contributed by atoms with E-state index in [4.69, 9.17) is 9.47 Å². The molecule has 1 fully saturated rings. The van der Waals surface area contributed by atoms with E-state index in [1.165, 1.54) is 30.3 Å². The summed E-state index contributed by atoms with van der Waals surface area (Å²) in [5.74, 6) is -1.50. The van der Waals surface area contributed by atoms with Gasteiger partial charge in [-0.1, -0.05) is 34.1 Å². The molecule has 3 aromatic rings. The fourth-order valence-corrected chi connectivity index (χ4v) is 5.16. The van der Waals surface area contributed by atoms with E-state index in [-0.39, 0.29) is 23.4 Å². The normalized spacial score (nSPS) is 14.5. The maximum Gasteiger partial charge on any atom is 0.338 e. The average Bonchev–Trinajstić information content (AvgIpc) is 2.89. The molecule has 194 valence electrons. The van der Waals surface area contributed by atoms with E-state index in [9.17, 15) is 19.2 Å². The number of nitrogens with zero attached hydrogens (tertiary/aromatic N) is 1. The summed E-state index contributed by atoms with van der Waals surface area (Å²) in [6, 6.07) is 16.4. The molecule has 1 aliphatic heterocycles. The Labute approximate surface area is 241 Å². The van der Waals surface area contributed by atoms with Crippen LogP contribution in [0.15, 0.2) is 70.7 Å². The van der Waals surface area contributed by atoms with Crippen molar-refractivity contribution in [2.75, 3.05) is 18.6 Å². The summed E-state index contributed by atoms with van der Waals surface area (Å²) in [7, 11) is 1.56. The molecule has 0 aromatic heterocycles. The number of benzene rings is 3. The summed E-state index contributed by atoms with van der Waals surface area (Å²) in [5.41, 5.74) is 2.87. The third kappa shape index (κ3) is 5.81. The van der Waals surface area contributed by atoms with Gasteiger partial charge in [-0.3, -0.25) is 14.9 Å². The molecule has 0 radical (unpaired) electrons. The van der Waals surface area contributed by atoms with Gasteiger partial charge in [0.1, 0.15) is 11.3 Å². The molecule has 0 atom stereocenters. The Balaban J connectivity index is 1.66. The highest BCUT2D eigenvalue weighted by molar-refractivity contribution is 14.1. The Morgan fingerprint density at radius 3 is 2.45 bits per heavy atom. The van der Waals surface area contributed by atoms with E-state index < -0.39 is 23.8 Å². The Morgan fingerprint density at radius 1 is 1.08 bits per heavy atom. The highest BCUT2D eigenvalue weighted by Crippen LogP contribution is 2.32. The molecule has 0 aliphatic carbocycles. The monoisotopic (exact) mass is 688 g/mol. The maximum atomic E-state index is 13.3. The summed E-state index contributed by atoms with van der Waals surface area (Å²) < 4.78 is 12.5. The minimum absolute atomic E-state index is 0.204. The first-order chi connectivity index (χ1) is 18.2. The second-order valence-electron chi connectivity index (χ2n) is 8.18. The number of carbonyl (C=O) groups is 4. The van der Waals surface area contributed by atoms with Crippen LogP contribution in [0.1, 0.15) is 34.0 Å². The zero-order chi connectivity index (χ0) is 27.4. The molecule has 1 N–H and O–H groups in total. The van der Waals surface area contributed by atoms with Crippen LogP contribution < -0.4 is 15.0 Å². The van der Waals surface area contributed by atoms with Crippen LogP contribution in [0, 0.1) is 3.57 Å². The van der Waals surface area contributed by atoms with Gasteiger partial charge in [0.2, 0.25) is 0 Å². The molecule has 1 heterocycles. The van der Waals surface area contributed by atoms with E-state index in [1.807, 2.05) is 30.3 Å². The van der Waals surface area contributed by atoms with Gasteiger partial charge in [-0.25, -0.2) is 14.5 Å². The second kappa shape index (κ2) is 11.9. The van der Waals surface area contributed by atoms with Crippen LogP contribution in [0.4, 0.5) is 10.5 Å². The Kier molecular flexibility index (Phi) is 8.62. The minimum atomic E-state index is -0.878. The van der Waals surface area contributed by atoms with Gasteiger partial charge in [-0.15, -0.1) is 0 Å². The molecule has 4 rings (SSSR count). The SMILES string of the molecule is CCOC(=O)c1ccc(N2C(=O)NC(=O)/C(=C\c3cc(I)c(Cc4ccccc4Br)c(OC)c3)C2=O)cc1. The molecule has 4 amide bonds. The molecule has 0 spiro atoms. The zero-order valence-electron chi connectivity index (χ0n) is 20.4. The number of halogens is 2. The van der Waals surface area contributed by atoms with Gasteiger partial charge in [0.15, 0.2) is 0 Å². The van der Waals surface area contributed by atoms with Crippen molar-refractivity contribution in [1.29, 1.82) is 0 Å². The number of methoxy groups -OCH3 is 1. The molecule has 3 aromatic carbocycles. The first-order valence-electron chi connectivity index (χ1n) is 11.5. The zero-order valence-corrected chi connectivity index (χ0v) is 24.2. The lowest BCUT2D eigenvalue weighted by atomic mass is 10.0. The van der Waals surface area contributed by atoms with Crippen molar-refractivity contribution in [1.82, 2.24) is 5.32 Å². The Bertz CT molecular complexity index is 1470. The van der Waals surface area contributed by atoms with Crippen LogP contribution in [0.2, 0.25) is 0 Å². The van der Waals surface area contributed by atoms with Gasteiger partial charge in [0.05, 0.1) is 25.0 Å². The highest BCUT2D eigenvalue weighted by atomic mass is 127. The molecule has 8 nitrogen and oxygen atoms in total. The molecule has 38 heavy (non-hydrogen) atoms. The van der Waals surface area contributed by atoms with E-state index in [0.717, 1.165) is 24.1 Å². The standard InChI is InChI=1S/C28H22BrIN2O6/c1-3-38-27(35)17-8-10-19(11-9-17)32-26(34)21(25(33)31-28(32)36)12-16-13-23(30)20(24(14-16)37-2)15-18-6-4-5-7-22(18)29/h4-14H,3,15H2,1-2H3,(H,31,33,36)/b21-12+. The molecule has 1 saturated heterocycles. The Hall–Kier alpha value is -3.51. The number of ether oxygens (including phenoxy) is 2. The molecular weight excluding hydrogens is 667 g/mol. The van der Waals surface area contributed by atoms with Crippen molar-refractivity contribution in [3.63, 3.8) is 0 Å². The summed E-state index contributed by atoms with van der Waals surface area (Å²) in [6.07, 6.45) is 2.04. The van der Waals surface area contributed by atoms with Crippen LogP contribution in [0.5, 0.6) is 5.75 Å². The highest BCUT2D eigenvalue weighted by Gasteiger charge is 2.37. The smallest absolute Gasteiger partial charge is 0.338 e. The largest absolute Gasteiger partial charge is 0.496 e. The molecule has 0 bridgehead atoms. The predicted molar refractivity (Wildman–Crippen MR) is 154 cm³/mol. The van der Waals surface area contributed by atoms with Crippen molar-refractivity contribution >= 4 is 74.1 Å². The average molecular weight is 689 g/mol. The van der Waals surface area contributed by atoms with Crippen molar-refractivity contribution in [2.24, 2.45) is 0 Å². The first kappa shape index (κ1) is 27.5. The fourth-order valence-electron chi connectivity index (χ4n) is 3.92. The number of carbonyl (C=O) groups excluding carboxylic acids is 4. The van der Waals surface area contributed by atoms with Crippen LogP contribution in [-0.4, -0.2) is 37.5 Å². The number of hydrogen-bond acceptors (Lipinski definition) is 6. The lowest BCUT2D eigenvalue weighted by molar-refractivity contribution is -0.122. The molecule has 0 unspecified atom stereocenters. The fraction of sp³-hybridized carbons (Fsp3) is 0.143. The van der Waals surface area contributed by atoms with Crippen LogP contribution >= 0.6 is 38.5 Å². The quantitative estimate of drug-likeness (QED) is 0.152. The predicted octanol–water partition coefficient (Wildman–Crippen LogP) is 5.50. The van der Waals surface area contributed by atoms with Gasteiger partial charge in [-0.05, 0) is 89.2 Å². The topological polar surface area (TPSA) is 102 Å². The van der Waals surface area contributed by atoms with Gasteiger partial charge in [-0.2, -0.15) is 0 Å². The molecule has 10 heteroatoms. The van der Waals surface area contributed by atoms with Crippen molar-refractivity contribution in [2.45, 2.75) is 13.3 Å². The molecule has 1 aliphatic rings. The van der Waals surface area contributed by atoms with Crippen molar-refractivity contribution in [3.05, 3.63) is 96.5 Å². The van der Waals surface area contributed by atoms with E-state index in [2.05, 4.69) is 43.8 Å². The number of barbiturate groups is 1. The van der Waals surface area contributed by atoms with E-state index in [0.29, 0.717) is 17.7 Å². The first-order valence-corrected chi connectivity index (χ1v) is 13.4. The van der Waals surface area contributed by atoms with Gasteiger partial charge < -0.3 is 9.47 Å². The summed E-state index contributed by atoms with van der Waals surface area (Å²) in [5, 5.41) is 2.21. The van der Waals surface area contributed by atoms with Crippen molar-refractivity contribution < 1.29 is 28.7 Å². The van der Waals surface area contributed by atoms with Crippen molar-refractivity contribution in [3.8, 4) is 5.75 Å². The second-order valence-corrected chi connectivity index (χ2v) is 10.2. The number of esters is 1. The molecule has 0 saturated carbocycles. The number of imide groups is 2. The maximum absolute atomic E-state index is 13.3. The lowest BCUT2D eigenvalue weighted by Crippen LogP contribution is -2.54. The minimum Gasteiger partial charge on any atom is -0.496 e. The third-order valence-corrected chi connectivity index (χ3v) is 7.51. The summed E-state index contributed by atoms with van der Waals surface area (Å²) >= 11 is 5.77. The number of amides is 4. The van der Waals surface area contributed by atoms with E-state index in [1.54, 1.807) is 20.1 Å². The van der Waals surface area contributed by atoms with Gasteiger partial charge >= 0.3 is 12.0 Å². The van der Waals surface area contributed by atoms with E-state index >= 15 is 0 Å². The van der Waals surface area contributed by atoms with Gasteiger partial charge in [0, 0.05) is 20.0 Å². The number of urea groups is 1. The third-order valence-electron chi connectivity index (χ3n) is 5.77.